The van der Waals surface area contributed by atoms with Crippen LogP contribution in [-0.4, -0.2) is 53.2 Å². The van der Waals surface area contributed by atoms with Crippen LogP contribution in [-0.2, 0) is 0 Å². The Bertz CT molecular complexity index is 2830. The predicted molar refractivity (Wildman–Crippen MR) is 403 cm³/mol. The molecule has 0 bridgehead atoms. The first-order chi connectivity index (χ1) is 46.5. The molecule has 0 aliphatic rings. The van der Waals surface area contributed by atoms with Crippen LogP contribution in [0.2, 0.25) is 0 Å². The van der Waals surface area contributed by atoms with Gasteiger partial charge in [-0.2, -0.15) is 0 Å². The Kier molecular flexibility index (Phi) is 42.3. The molecule has 0 N–H and O–H groups in total. The van der Waals surface area contributed by atoms with E-state index in [2.05, 4.69) is 113 Å². The van der Waals surface area contributed by atoms with Crippen molar-refractivity contribution in [1.29, 1.82) is 0 Å². The number of hydrogen-bond acceptors (Lipinski definition) is 10. The molecule has 2 aromatic heterocycles. The van der Waals surface area contributed by atoms with Crippen LogP contribution in [0, 0.1) is 0 Å². The Balaban J connectivity index is 1.27. The number of nitrogens with zero attached hydrogens (tertiary/aromatic N) is 4. The molecule has 10 heteroatoms. The van der Waals surface area contributed by atoms with Crippen molar-refractivity contribution in [2.45, 2.75) is 330 Å². The number of aromatic nitrogens is 4. The zero-order valence-electron chi connectivity index (χ0n) is 60.3. The quantitative estimate of drug-likeness (QED) is 0.0346. The van der Waals surface area contributed by atoms with E-state index in [0.29, 0.717) is 26.4 Å². The molecule has 0 unspecified atom stereocenters. The predicted octanol–water partition coefficient (Wildman–Crippen LogP) is 27.1. The molecule has 0 aliphatic heterocycles. The average Bonchev–Trinajstić information content (AvgIpc) is 0.937. The van der Waals surface area contributed by atoms with Crippen molar-refractivity contribution in [1.82, 2.24) is 20.2 Å². The molecule has 9 nitrogen and oxygen atoms in total. The van der Waals surface area contributed by atoms with Crippen LogP contribution in [0.5, 0.6) is 28.7 Å². The van der Waals surface area contributed by atoms with Gasteiger partial charge in [0.05, 0.1) is 55.5 Å². The van der Waals surface area contributed by atoms with Crippen LogP contribution in [0.4, 0.5) is 0 Å². The first kappa shape index (κ1) is 77.8. The summed E-state index contributed by atoms with van der Waals surface area (Å²) in [6, 6.07) is 27.4. The highest BCUT2D eigenvalue weighted by Gasteiger charge is 2.20. The molecule has 0 radical (unpaired) electrons. The van der Waals surface area contributed by atoms with Gasteiger partial charge in [-0.05, 0) is 111 Å². The minimum absolute atomic E-state index is 0.634. The largest absolute Gasteiger partial charge is 0.494 e. The van der Waals surface area contributed by atoms with E-state index in [0.717, 1.165) is 135 Å². The Morgan fingerprint density at radius 2 is 0.521 bits per heavy atom. The number of unbranched alkanes of at least 4 members (excludes halogenated alkanes) is 41. The van der Waals surface area contributed by atoms with Gasteiger partial charge in [0, 0.05) is 22.3 Å². The summed E-state index contributed by atoms with van der Waals surface area (Å²) < 4.78 is 33.1. The van der Waals surface area contributed by atoms with Gasteiger partial charge in [0.2, 0.25) is 0 Å². The molecule has 0 amide bonds. The number of fused-ring (bicyclic) bond motifs is 1. The molecule has 522 valence electrons. The third-order valence-electron chi connectivity index (χ3n) is 18.7. The van der Waals surface area contributed by atoms with Gasteiger partial charge in [0.15, 0.2) is 23.0 Å². The van der Waals surface area contributed by atoms with Crippen molar-refractivity contribution in [3.05, 3.63) is 78.9 Å². The fraction of sp³-hybridized carbons (Fsp3) is 0.667. The highest BCUT2D eigenvalue weighted by Crippen LogP contribution is 2.41. The molecule has 0 fully saturated rings. The van der Waals surface area contributed by atoms with E-state index >= 15 is 0 Å². The topological polar surface area (TPSA) is 97.7 Å². The third-order valence-corrected chi connectivity index (χ3v) is 19.7. The van der Waals surface area contributed by atoms with Crippen molar-refractivity contribution < 1.29 is 23.7 Å². The lowest BCUT2D eigenvalue weighted by atomic mass is 10.0. The Morgan fingerprint density at radius 1 is 0.245 bits per heavy atom. The molecular weight excluding hydrogens is 1180 g/mol. The van der Waals surface area contributed by atoms with Crippen molar-refractivity contribution in [2.24, 2.45) is 0 Å². The van der Waals surface area contributed by atoms with Crippen LogP contribution in [0.1, 0.15) is 330 Å². The molecule has 0 saturated heterocycles. The van der Waals surface area contributed by atoms with Crippen LogP contribution in [0.15, 0.2) is 78.9 Å². The lowest BCUT2D eigenvalue weighted by Crippen LogP contribution is -2.04. The molecule has 0 atom stereocenters. The number of ether oxygens (including phenoxy) is 5. The van der Waals surface area contributed by atoms with E-state index < -0.39 is 0 Å². The highest BCUT2D eigenvalue weighted by atomic mass is 32.1. The summed E-state index contributed by atoms with van der Waals surface area (Å²) in [6.07, 6.45) is 58.7. The van der Waals surface area contributed by atoms with Gasteiger partial charge >= 0.3 is 0 Å². The molecule has 2 heterocycles. The highest BCUT2D eigenvalue weighted by molar-refractivity contribution is 7.17. The molecule has 6 aromatic rings. The van der Waals surface area contributed by atoms with Gasteiger partial charge in [0.25, 0.3) is 0 Å². The second-order valence-electron chi connectivity index (χ2n) is 27.1. The Hall–Kier alpha value is -5.22. The van der Waals surface area contributed by atoms with E-state index in [9.17, 15) is 0 Å². The normalized spacial score (nSPS) is 11.5. The Labute approximate surface area is 577 Å². The van der Waals surface area contributed by atoms with Gasteiger partial charge in [0.1, 0.15) is 15.8 Å². The standard InChI is InChI=1S/C84H130N4O5S/c1-6-11-16-21-26-30-34-38-43-48-63-90-77-60-55-71(68-79(77)92-65-50-45-40-36-32-28-23-18-13-8-3)81-82(86-76-67-73(54-59-75(76)85-81)84-88-87-83(94-84)70-52-57-74(58-53-70)89-62-47-42-25-20-15-10-5)72-56-61-78(91-64-49-44-39-35-31-27-22-17-12-7-2)80(69-72)93-66-51-46-41-37-33-29-24-19-14-9-4/h52-61,67-69H,6-51,62-66H2,1-5H3. The summed E-state index contributed by atoms with van der Waals surface area (Å²) in [4.78, 5) is 11.1. The van der Waals surface area contributed by atoms with Crippen LogP contribution in [0.25, 0.3) is 54.7 Å². The van der Waals surface area contributed by atoms with Gasteiger partial charge in [-0.25, -0.2) is 9.97 Å². The maximum absolute atomic E-state index is 6.82. The maximum atomic E-state index is 6.82. The monoisotopic (exact) mass is 1310 g/mol. The summed E-state index contributed by atoms with van der Waals surface area (Å²) in [5, 5.41) is 11.1. The fourth-order valence-electron chi connectivity index (χ4n) is 12.7. The summed E-state index contributed by atoms with van der Waals surface area (Å²) in [6.45, 7) is 14.8. The zero-order valence-corrected chi connectivity index (χ0v) is 61.1. The summed E-state index contributed by atoms with van der Waals surface area (Å²) in [5.74, 6) is 4.00. The molecule has 0 aliphatic carbocycles. The van der Waals surface area contributed by atoms with Gasteiger partial charge in [-0.15, -0.1) is 10.2 Å². The Morgan fingerprint density at radius 3 is 0.872 bits per heavy atom. The third kappa shape index (κ3) is 31.8. The number of hydrogen-bond donors (Lipinski definition) is 0. The van der Waals surface area contributed by atoms with Gasteiger partial charge in [-0.1, -0.05) is 309 Å². The molecule has 94 heavy (non-hydrogen) atoms. The second kappa shape index (κ2) is 51.1. The number of rotatable bonds is 60. The molecule has 4 aromatic carbocycles. The van der Waals surface area contributed by atoms with Gasteiger partial charge < -0.3 is 23.7 Å². The van der Waals surface area contributed by atoms with E-state index in [4.69, 9.17) is 43.8 Å². The van der Waals surface area contributed by atoms with E-state index in [1.807, 2.05) is 0 Å². The first-order valence-electron chi connectivity index (χ1n) is 39.2. The first-order valence-corrected chi connectivity index (χ1v) is 40.1. The zero-order chi connectivity index (χ0) is 66.0. The van der Waals surface area contributed by atoms with Crippen LogP contribution < -0.4 is 23.7 Å². The second-order valence-corrected chi connectivity index (χ2v) is 28.1. The van der Waals surface area contributed by atoms with Crippen molar-refractivity contribution in [3.63, 3.8) is 0 Å². The molecular formula is C84H130N4O5S. The van der Waals surface area contributed by atoms with Crippen molar-refractivity contribution in [2.75, 3.05) is 33.0 Å². The van der Waals surface area contributed by atoms with Crippen molar-refractivity contribution >= 4 is 22.4 Å². The van der Waals surface area contributed by atoms with Crippen LogP contribution >= 0.6 is 11.3 Å². The minimum Gasteiger partial charge on any atom is -0.494 e. The molecule has 0 spiro atoms. The van der Waals surface area contributed by atoms with Gasteiger partial charge in [-0.3, -0.25) is 0 Å². The van der Waals surface area contributed by atoms with Crippen LogP contribution in [0.3, 0.4) is 0 Å². The summed E-state index contributed by atoms with van der Waals surface area (Å²) in [7, 11) is 0. The maximum Gasteiger partial charge on any atom is 0.161 e. The SMILES string of the molecule is CCCCCCCCCCCCOc1ccc(-c2nc3ccc(-c4nnc(-c5ccc(OCCCCCCCC)cc5)s4)cc3nc2-c2ccc(OCCCCCCCCCCCC)c(OCCCCCCCCCCCC)c2)cc1OCCCCCCCCCCCC. The lowest BCUT2D eigenvalue weighted by molar-refractivity contribution is 0.258. The number of benzene rings is 4. The smallest absolute Gasteiger partial charge is 0.161 e. The fourth-order valence-corrected chi connectivity index (χ4v) is 13.5. The summed E-state index contributed by atoms with van der Waals surface area (Å²) in [5.41, 5.74) is 6.95. The summed E-state index contributed by atoms with van der Waals surface area (Å²) >= 11 is 1.59. The van der Waals surface area contributed by atoms with E-state index in [1.54, 1.807) is 11.3 Å². The molecule has 0 saturated carbocycles. The van der Waals surface area contributed by atoms with E-state index in [1.165, 1.54) is 250 Å². The molecule has 6 rings (SSSR count). The lowest BCUT2D eigenvalue weighted by Gasteiger charge is -2.17. The van der Waals surface area contributed by atoms with E-state index in [-0.39, 0.29) is 0 Å². The van der Waals surface area contributed by atoms with Crippen molar-refractivity contribution in [3.8, 4) is 72.4 Å². The average molecular weight is 1310 g/mol. The minimum atomic E-state index is 0.634.